The van der Waals surface area contributed by atoms with Gasteiger partial charge in [0.25, 0.3) is 0 Å². The number of rotatable bonds is 1. The molecule has 2 heteroatoms. The normalized spacial score (nSPS) is 50.4. The first-order valence-corrected chi connectivity index (χ1v) is 6.00. The van der Waals surface area contributed by atoms with Crippen molar-refractivity contribution >= 4 is 5.97 Å². The fourth-order valence-corrected chi connectivity index (χ4v) is 4.52. The van der Waals surface area contributed by atoms with E-state index in [1.54, 1.807) is 0 Å². The van der Waals surface area contributed by atoms with Crippen molar-refractivity contribution in [2.75, 3.05) is 0 Å². The summed E-state index contributed by atoms with van der Waals surface area (Å²) in [6.07, 6.45) is 7.65. The summed E-state index contributed by atoms with van der Waals surface area (Å²) in [5, 5.41) is 9.13. The van der Waals surface area contributed by atoms with Crippen LogP contribution in [0.1, 0.15) is 38.5 Å². The van der Waals surface area contributed by atoms with E-state index in [1.807, 2.05) is 0 Å². The highest BCUT2D eigenvalue weighted by Gasteiger charge is 2.54. The van der Waals surface area contributed by atoms with E-state index in [0.717, 1.165) is 24.2 Å². The minimum atomic E-state index is -0.526. The lowest BCUT2D eigenvalue weighted by Gasteiger charge is -2.37. The van der Waals surface area contributed by atoms with Gasteiger partial charge < -0.3 is 5.11 Å². The lowest BCUT2D eigenvalue weighted by molar-refractivity contribution is -0.145. The zero-order valence-electron chi connectivity index (χ0n) is 8.48. The van der Waals surface area contributed by atoms with Gasteiger partial charge in [-0.15, -0.1) is 0 Å². The predicted molar refractivity (Wildman–Crippen MR) is 52.8 cm³/mol. The third kappa shape index (κ3) is 1.06. The summed E-state index contributed by atoms with van der Waals surface area (Å²) in [6.45, 7) is 0. The highest BCUT2D eigenvalue weighted by molar-refractivity contribution is 5.71. The number of hydrogen-bond acceptors (Lipinski definition) is 1. The van der Waals surface area contributed by atoms with Gasteiger partial charge in [-0.3, -0.25) is 4.79 Å². The smallest absolute Gasteiger partial charge is 0.306 e. The highest BCUT2D eigenvalue weighted by Crippen LogP contribution is 2.59. The van der Waals surface area contributed by atoms with Crippen LogP contribution in [0.25, 0.3) is 0 Å². The zero-order valence-corrected chi connectivity index (χ0v) is 8.48. The number of carboxylic acids is 1. The number of aliphatic carboxylic acids is 1. The van der Waals surface area contributed by atoms with Crippen LogP contribution in [0, 0.1) is 29.6 Å². The maximum Gasteiger partial charge on any atom is 0.306 e. The molecule has 0 aromatic rings. The third-order valence-electron chi connectivity index (χ3n) is 5.00. The van der Waals surface area contributed by atoms with Crippen molar-refractivity contribution in [1.29, 1.82) is 0 Å². The minimum absolute atomic E-state index is 0.0133. The average Bonchev–Trinajstić information content (AvgIpc) is 2.75. The van der Waals surface area contributed by atoms with E-state index in [2.05, 4.69) is 0 Å². The second kappa shape index (κ2) is 2.98. The second-order valence-corrected chi connectivity index (χ2v) is 5.45. The Balaban J connectivity index is 1.82. The molecule has 5 unspecified atom stereocenters. The zero-order chi connectivity index (χ0) is 9.71. The first kappa shape index (κ1) is 8.75. The van der Waals surface area contributed by atoms with Gasteiger partial charge in [-0.25, -0.2) is 0 Å². The molecule has 0 radical (unpaired) electrons. The molecule has 0 saturated heterocycles. The summed E-state index contributed by atoms with van der Waals surface area (Å²) in [7, 11) is 0. The highest BCUT2D eigenvalue weighted by atomic mass is 16.4. The SMILES string of the molecule is O=C(O)C1CC2CC1C1CCCCC21. The van der Waals surface area contributed by atoms with E-state index in [4.69, 9.17) is 5.11 Å². The van der Waals surface area contributed by atoms with Gasteiger partial charge in [0.15, 0.2) is 0 Å². The Hall–Kier alpha value is -0.530. The molecular formula is C12H18O2. The molecule has 0 amide bonds. The molecule has 14 heavy (non-hydrogen) atoms. The molecule has 0 aliphatic heterocycles. The van der Waals surface area contributed by atoms with Crippen molar-refractivity contribution in [3.63, 3.8) is 0 Å². The fraction of sp³-hybridized carbons (Fsp3) is 0.917. The van der Waals surface area contributed by atoms with Gasteiger partial charge in [0.05, 0.1) is 5.92 Å². The molecule has 3 fully saturated rings. The Morgan fingerprint density at radius 1 is 1.00 bits per heavy atom. The molecule has 2 nitrogen and oxygen atoms in total. The summed E-state index contributed by atoms with van der Waals surface area (Å²) < 4.78 is 0. The van der Waals surface area contributed by atoms with Gasteiger partial charge in [0, 0.05) is 0 Å². The van der Waals surface area contributed by atoms with Gasteiger partial charge in [0.2, 0.25) is 0 Å². The molecule has 0 heterocycles. The van der Waals surface area contributed by atoms with Gasteiger partial charge in [-0.2, -0.15) is 0 Å². The van der Waals surface area contributed by atoms with Crippen LogP contribution in [0.4, 0.5) is 0 Å². The summed E-state index contributed by atoms with van der Waals surface area (Å²) >= 11 is 0. The van der Waals surface area contributed by atoms with Crippen LogP contribution in [-0.2, 0) is 4.79 Å². The van der Waals surface area contributed by atoms with Gasteiger partial charge >= 0.3 is 5.97 Å². The molecule has 1 N–H and O–H groups in total. The molecule has 0 spiro atoms. The molecule has 0 aromatic carbocycles. The Morgan fingerprint density at radius 3 is 2.43 bits per heavy atom. The van der Waals surface area contributed by atoms with Gasteiger partial charge in [0.1, 0.15) is 0 Å². The van der Waals surface area contributed by atoms with Crippen molar-refractivity contribution in [2.24, 2.45) is 29.6 Å². The molecule has 2 bridgehead atoms. The standard InChI is InChI=1S/C12H18O2/c13-12(14)11-6-7-5-10(11)9-4-2-1-3-8(7)9/h7-11H,1-6H2,(H,13,14). The topological polar surface area (TPSA) is 37.3 Å². The van der Waals surface area contributed by atoms with Crippen molar-refractivity contribution < 1.29 is 9.90 Å². The van der Waals surface area contributed by atoms with Gasteiger partial charge in [-0.05, 0) is 49.4 Å². The monoisotopic (exact) mass is 194 g/mol. The average molecular weight is 194 g/mol. The van der Waals surface area contributed by atoms with Crippen LogP contribution in [0.15, 0.2) is 0 Å². The first-order valence-electron chi connectivity index (χ1n) is 6.00. The number of hydrogen-bond donors (Lipinski definition) is 1. The second-order valence-electron chi connectivity index (χ2n) is 5.45. The molecule has 3 aliphatic rings. The van der Waals surface area contributed by atoms with Crippen LogP contribution in [0.3, 0.4) is 0 Å². The van der Waals surface area contributed by atoms with Crippen LogP contribution in [0.5, 0.6) is 0 Å². The Labute approximate surface area is 84.7 Å². The Kier molecular flexibility index (Phi) is 1.86. The number of carbonyl (C=O) groups is 1. The summed E-state index contributed by atoms with van der Waals surface area (Å²) in [6, 6.07) is 0. The fourth-order valence-electron chi connectivity index (χ4n) is 4.52. The van der Waals surface area contributed by atoms with E-state index in [0.29, 0.717) is 5.92 Å². The van der Waals surface area contributed by atoms with E-state index in [9.17, 15) is 4.79 Å². The van der Waals surface area contributed by atoms with Crippen LogP contribution < -0.4 is 0 Å². The maximum atomic E-state index is 11.1. The van der Waals surface area contributed by atoms with E-state index in [-0.39, 0.29) is 5.92 Å². The van der Waals surface area contributed by atoms with Crippen molar-refractivity contribution in [2.45, 2.75) is 38.5 Å². The predicted octanol–water partition coefficient (Wildman–Crippen LogP) is 2.53. The van der Waals surface area contributed by atoms with Crippen LogP contribution in [0.2, 0.25) is 0 Å². The van der Waals surface area contributed by atoms with Crippen LogP contribution >= 0.6 is 0 Å². The molecule has 0 aromatic heterocycles. The third-order valence-corrected chi connectivity index (χ3v) is 5.00. The Bertz CT molecular complexity index is 261. The van der Waals surface area contributed by atoms with E-state index < -0.39 is 5.97 Å². The number of carboxylic acid groups (broad SMARTS) is 1. The maximum absolute atomic E-state index is 11.1. The van der Waals surface area contributed by atoms with Crippen molar-refractivity contribution in [3.05, 3.63) is 0 Å². The summed E-state index contributed by atoms with van der Waals surface area (Å²) in [5.41, 5.74) is 0. The number of fused-ring (bicyclic) bond motifs is 5. The molecular weight excluding hydrogens is 176 g/mol. The summed E-state index contributed by atoms with van der Waals surface area (Å²) in [5.74, 6) is 2.49. The van der Waals surface area contributed by atoms with Crippen molar-refractivity contribution in [1.82, 2.24) is 0 Å². The molecule has 3 saturated carbocycles. The Morgan fingerprint density at radius 2 is 1.71 bits per heavy atom. The minimum Gasteiger partial charge on any atom is -0.481 e. The van der Waals surface area contributed by atoms with E-state index in [1.165, 1.54) is 32.1 Å². The summed E-state index contributed by atoms with van der Waals surface area (Å²) in [4.78, 5) is 11.1. The van der Waals surface area contributed by atoms with Crippen LogP contribution in [-0.4, -0.2) is 11.1 Å². The van der Waals surface area contributed by atoms with Gasteiger partial charge in [-0.1, -0.05) is 12.8 Å². The first-order chi connectivity index (χ1) is 6.77. The molecule has 3 rings (SSSR count). The quantitative estimate of drug-likeness (QED) is 0.696. The molecule has 78 valence electrons. The van der Waals surface area contributed by atoms with E-state index >= 15 is 0 Å². The largest absolute Gasteiger partial charge is 0.481 e. The molecule has 5 atom stereocenters. The lowest BCUT2D eigenvalue weighted by atomic mass is 9.67. The molecule has 3 aliphatic carbocycles. The lowest BCUT2D eigenvalue weighted by Crippen LogP contribution is -2.34. The van der Waals surface area contributed by atoms with Crippen molar-refractivity contribution in [3.8, 4) is 0 Å².